The van der Waals surface area contributed by atoms with E-state index in [0.717, 1.165) is 0 Å². The number of rotatable bonds is 11. The van der Waals surface area contributed by atoms with Crippen LogP contribution in [0.15, 0.2) is 97.5 Å². The molecular weight excluding hydrogens is 531 g/mol. The van der Waals surface area contributed by atoms with Crippen LogP contribution in [0, 0.1) is 11.0 Å². The van der Waals surface area contributed by atoms with E-state index in [4.69, 9.17) is 14.2 Å². The minimum atomic E-state index is -4.22. The Morgan fingerprint density at radius 1 is 1.08 bits per heavy atom. The summed E-state index contributed by atoms with van der Waals surface area (Å²) in [5, 5.41) is 22.8. The van der Waals surface area contributed by atoms with Gasteiger partial charge in [-0.15, -0.1) is 0 Å². The van der Waals surface area contributed by atoms with Crippen LogP contribution in [0.1, 0.15) is 18.1 Å². The molecule has 0 N–H and O–H groups in total. The first-order valence-corrected chi connectivity index (χ1v) is 12.9. The SMILES string of the molecule is COc1cc(OCCOc2no[n+]([O-])c2S(=O)(=O)c2ccccc2)ccc1/C(C)=N/N=C/c1ccc(F)cc1. The lowest BCUT2D eigenvalue weighted by Crippen LogP contribution is -2.31. The van der Waals surface area contributed by atoms with E-state index in [1.165, 1.54) is 49.7 Å². The zero-order chi connectivity index (χ0) is 27.8. The van der Waals surface area contributed by atoms with E-state index in [0.29, 0.717) is 28.3 Å². The second-order valence-corrected chi connectivity index (χ2v) is 9.76. The molecule has 3 aromatic carbocycles. The molecule has 39 heavy (non-hydrogen) atoms. The molecule has 0 saturated carbocycles. The van der Waals surface area contributed by atoms with Crippen LogP contribution >= 0.6 is 0 Å². The van der Waals surface area contributed by atoms with Crippen molar-refractivity contribution >= 4 is 21.8 Å². The van der Waals surface area contributed by atoms with Gasteiger partial charge in [0.2, 0.25) is 0 Å². The van der Waals surface area contributed by atoms with Crippen LogP contribution in [0.3, 0.4) is 0 Å². The molecule has 4 rings (SSSR count). The first kappa shape index (κ1) is 27.3. The fourth-order valence-corrected chi connectivity index (χ4v) is 4.68. The van der Waals surface area contributed by atoms with Gasteiger partial charge in [-0.1, -0.05) is 30.3 Å². The summed E-state index contributed by atoms with van der Waals surface area (Å²) in [5.74, 6) is 0.114. The van der Waals surface area contributed by atoms with Crippen LogP contribution in [0.5, 0.6) is 17.4 Å². The molecule has 0 spiro atoms. The number of ether oxygens (including phenoxy) is 3. The Morgan fingerprint density at radius 3 is 2.51 bits per heavy atom. The average Bonchev–Trinajstić information content (AvgIpc) is 3.33. The van der Waals surface area contributed by atoms with Crippen molar-refractivity contribution in [3.05, 3.63) is 94.9 Å². The normalized spacial score (nSPS) is 12.0. The molecule has 202 valence electrons. The lowest BCUT2D eigenvalue weighted by molar-refractivity contribution is -0.832. The van der Waals surface area contributed by atoms with Gasteiger partial charge in [0.25, 0.3) is 9.84 Å². The number of sulfone groups is 1. The molecule has 0 fully saturated rings. The van der Waals surface area contributed by atoms with Crippen molar-refractivity contribution in [2.45, 2.75) is 16.8 Å². The van der Waals surface area contributed by atoms with Crippen LogP contribution < -0.4 is 19.1 Å². The van der Waals surface area contributed by atoms with Gasteiger partial charge in [-0.25, -0.2) is 12.8 Å². The van der Waals surface area contributed by atoms with Gasteiger partial charge < -0.3 is 19.4 Å². The van der Waals surface area contributed by atoms with Gasteiger partial charge in [0.05, 0.1) is 29.1 Å². The predicted molar refractivity (Wildman–Crippen MR) is 138 cm³/mol. The average molecular weight is 555 g/mol. The summed E-state index contributed by atoms with van der Waals surface area (Å²) in [7, 11) is -2.72. The number of hydrogen-bond donors (Lipinski definition) is 0. The molecule has 4 aromatic rings. The fraction of sp³-hybridized carbons (Fsp3) is 0.154. The fourth-order valence-electron chi connectivity index (χ4n) is 3.38. The minimum absolute atomic E-state index is 0.00588. The van der Waals surface area contributed by atoms with Gasteiger partial charge >= 0.3 is 10.9 Å². The molecule has 1 aromatic heterocycles. The number of aromatic nitrogens is 2. The van der Waals surface area contributed by atoms with Crippen molar-refractivity contribution in [2.24, 2.45) is 10.2 Å². The van der Waals surface area contributed by atoms with E-state index in [9.17, 15) is 18.0 Å². The standard InChI is InChI=1S/C26H23FN4O7S/c1-18(29-28-17-19-8-10-20(27)11-9-19)23-13-12-21(16-24(23)35-2)36-14-15-37-25-26(31(32)38-30-25)39(33,34)22-6-4-3-5-7-22/h3-13,16-17H,14-15H2,1-2H3/b28-17+,29-18+. The van der Waals surface area contributed by atoms with Crippen LogP contribution in [0.4, 0.5) is 4.39 Å². The highest BCUT2D eigenvalue weighted by atomic mass is 32.2. The van der Waals surface area contributed by atoms with Gasteiger partial charge in [0, 0.05) is 11.6 Å². The number of hydrogen-bond acceptors (Lipinski definition) is 10. The molecule has 0 saturated heterocycles. The maximum absolute atomic E-state index is 13.0. The smallest absolute Gasteiger partial charge is 0.415 e. The molecule has 11 nitrogen and oxygen atoms in total. The first-order chi connectivity index (χ1) is 18.8. The van der Waals surface area contributed by atoms with Crippen molar-refractivity contribution < 1.29 is 36.6 Å². The van der Waals surface area contributed by atoms with Crippen molar-refractivity contribution in [1.29, 1.82) is 0 Å². The van der Waals surface area contributed by atoms with E-state index < -0.39 is 20.7 Å². The summed E-state index contributed by atoms with van der Waals surface area (Å²) < 4.78 is 59.6. The highest BCUT2D eigenvalue weighted by Crippen LogP contribution is 2.27. The largest absolute Gasteiger partial charge is 0.496 e. The molecule has 0 aliphatic rings. The molecule has 0 aliphatic heterocycles. The van der Waals surface area contributed by atoms with E-state index in [-0.39, 0.29) is 28.8 Å². The molecule has 1 heterocycles. The van der Waals surface area contributed by atoms with Gasteiger partial charge in [0.1, 0.15) is 30.5 Å². The van der Waals surface area contributed by atoms with E-state index in [2.05, 4.69) is 20.0 Å². The van der Waals surface area contributed by atoms with Crippen LogP contribution in [0.25, 0.3) is 0 Å². The monoisotopic (exact) mass is 554 g/mol. The van der Waals surface area contributed by atoms with Gasteiger partial charge in [-0.2, -0.15) is 10.2 Å². The number of halogens is 1. The maximum Gasteiger partial charge on any atom is 0.415 e. The van der Waals surface area contributed by atoms with Crippen molar-refractivity contribution in [1.82, 2.24) is 5.16 Å². The Morgan fingerprint density at radius 2 is 1.79 bits per heavy atom. The first-order valence-electron chi connectivity index (χ1n) is 11.5. The van der Waals surface area contributed by atoms with E-state index in [1.54, 1.807) is 43.3 Å². The molecule has 0 aliphatic carbocycles. The third-order valence-corrected chi connectivity index (χ3v) is 7.02. The Bertz CT molecular complexity index is 1590. The minimum Gasteiger partial charge on any atom is -0.496 e. The Hall–Kier alpha value is -4.78. The highest BCUT2D eigenvalue weighted by Gasteiger charge is 2.35. The lowest BCUT2D eigenvalue weighted by Gasteiger charge is -2.11. The third kappa shape index (κ3) is 6.57. The quantitative estimate of drug-likeness (QED) is 0.119. The Balaban J connectivity index is 1.38. The second kappa shape index (κ2) is 12.2. The van der Waals surface area contributed by atoms with Crippen molar-refractivity contribution in [2.75, 3.05) is 20.3 Å². The van der Waals surface area contributed by atoms with Crippen LogP contribution in [-0.4, -0.2) is 45.8 Å². The van der Waals surface area contributed by atoms with Gasteiger partial charge in [0.15, 0.2) is 0 Å². The molecule has 0 unspecified atom stereocenters. The van der Waals surface area contributed by atoms with E-state index >= 15 is 0 Å². The summed E-state index contributed by atoms with van der Waals surface area (Å²) in [6.45, 7) is 1.62. The summed E-state index contributed by atoms with van der Waals surface area (Å²) in [6.07, 6.45) is 1.51. The van der Waals surface area contributed by atoms with Gasteiger partial charge in [-0.3, -0.25) is 4.63 Å². The predicted octanol–water partition coefficient (Wildman–Crippen LogP) is 3.59. The third-order valence-electron chi connectivity index (χ3n) is 5.29. The van der Waals surface area contributed by atoms with Crippen molar-refractivity contribution in [3.8, 4) is 17.4 Å². The number of nitrogens with zero attached hydrogens (tertiary/aromatic N) is 4. The zero-order valence-electron chi connectivity index (χ0n) is 20.9. The molecule has 0 atom stereocenters. The summed E-state index contributed by atoms with van der Waals surface area (Å²) in [5.41, 5.74) is 1.95. The summed E-state index contributed by atoms with van der Waals surface area (Å²) in [4.78, 5) is -0.318. The molecule has 13 heteroatoms. The van der Waals surface area contributed by atoms with E-state index in [1.807, 2.05) is 0 Å². The molecule has 0 bridgehead atoms. The lowest BCUT2D eigenvalue weighted by atomic mass is 10.1. The number of benzene rings is 3. The molecular formula is C26H23FN4O7S. The number of methoxy groups -OCH3 is 1. The maximum atomic E-state index is 13.0. The Labute approximate surface area is 223 Å². The Kier molecular flexibility index (Phi) is 8.51. The van der Waals surface area contributed by atoms with Crippen LogP contribution in [-0.2, 0) is 9.84 Å². The molecule has 0 amide bonds. The van der Waals surface area contributed by atoms with Crippen LogP contribution in [0.2, 0.25) is 0 Å². The molecule has 0 radical (unpaired) electrons. The summed E-state index contributed by atoms with van der Waals surface area (Å²) >= 11 is 0. The topological polar surface area (TPSA) is 140 Å². The zero-order valence-corrected chi connectivity index (χ0v) is 21.7. The summed E-state index contributed by atoms with van der Waals surface area (Å²) in [6, 6.07) is 18.3. The van der Waals surface area contributed by atoms with Gasteiger partial charge in [-0.05, 0) is 53.8 Å². The van der Waals surface area contributed by atoms with Crippen molar-refractivity contribution in [3.63, 3.8) is 0 Å². The highest BCUT2D eigenvalue weighted by molar-refractivity contribution is 7.91. The second-order valence-electron chi connectivity index (χ2n) is 7.90.